The van der Waals surface area contributed by atoms with Crippen LogP contribution >= 0.6 is 11.6 Å². The molecule has 1 fully saturated rings. The molecule has 0 atom stereocenters. The smallest absolute Gasteiger partial charge is 0.0467 e. The number of halogens is 1. The van der Waals surface area contributed by atoms with E-state index in [1.54, 1.807) is 0 Å². The van der Waals surface area contributed by atoms with Gasteiger partial charge in [-0.3, -0.25) is 0 Å². The first-order chi connectivity index (χ1) is 7.68. The van der Waals surface area contributed by atoms with Crippen LogP contribution in [0.25, 0.3) is 0 Å². The van der Waals surface area contributed by atoms with E-state index >= 15 is 0 Å². The maximum Gasteiger partial charge on any atom is 0.0467 e. The molecule has 0 saturated carbocycles. The summed E-state index contributed by atoms with van der Waals surface area (Å²) in [6.07, 6.45) is 3.78. The molecular formula is C14H20ClN. The van der Waals surface area contributed by atoms with E-state index in [4.69, 9.17) is 11.6 Å². The van der Waals surface area contributed by atoms with Crippen molar-refractivity contribution in [3.63, 3.8) is 0 Å². The highest BCUT2D eigenvalue weighted by Crippen LogP contribution is 2.27. The number of hydrogen-bond acceptors (Lipinski definition) is 1. The van der Waals surface area contributed by atoms with Crippen LogP contribution < -0.4 is 5.32 Å². The molecule has 1 aromatic rings. The van der Waals surface area contributed by atoms with Gasteiger partial charge in [-0.2, -0.15) is 0 Å². The van der Waals surface area contributed by atoms with E-state index in [2.05, 4.69) is 31.3 Å². The van der Waals surface area contributed by atoms with Crippen LogP contribution in [0.2, 0.25) is 5.02 Å². The Morgan fingerprint density at radius 2 is 1.94 bits per heavy atom. The van der Waals surface area contributed by atoms with Crippen LogP contribution in [0.15, 0.2) is 12.1 Å². The summed E-state index contributed by atoms with van der Waals surface area (Å²) in [4.78, 5) is 0. The fourth-order valence-electron chi connectivity index (χ4n) is 2.48. The Hall–Kier alpha value is -0.530. The monoisotopic (exact) mass is 237 g/mol. The van der Waals surface area contributed by atoms with Gasteiger partial charge in [0.15, 0.2) is 0 Å². The maximum absolute atomic E-state index is 6.29. The van der Waals surface area contributed by atoms with E-state index < -0.39 is 0 Å². The van der Waals surface area contributed by atoms with Crippen molar-refractivity contribution in [3.05, 3.63) is 33.8 Å². The lowest BCUT2D eigenvalue weighted by Gasteiger charge is -2.23. The van der Waals surface area contributed by atoms with E-state index in [1.807, 2.05) is 0 Å². The van der Waals surface area contributed by atoms with Crippen molar-refractivity contribution >= 4 is 11.6 Å². The molecule has 0 bridgehead atoms. The highest BCUT2D eigenvalue weighted by atomic mass is 35.5. The second kappa shape index (κ2) is 5.20. The van der Waals surface area contributed by atoms with Gasteiger partial charge in [-0.05, 0) is 68.8 Å². The van der Waals surface area contributed by atoms with Gasteiger partial charge in [0, 0.05) is 5.02 Å². The molecule has 88 valence electrons. The molecule has 1 aromatic carbocycles. The molecular weight excluding hydrogens is 218 g/mol. The average Bonchev–Trinajstić information content (AvgIpc) is 2.31. The van der Waals surface area contributed by atoms with Crippen LogP contribution in [-0.2, 0) is 6.42 Å². The van der Waals surface area contributed by atoms with E-state index in [1.165, 1.54) is 49.0 Å². The van der Waals surface area contributed by atoms with E-state index in [9.17, 15) is 0 Å². The Morgan fingerprint density at radius 1 is 1.25 bits per heavy atom. The molecule has 1 N–H and O–H groups in total. The van der Waals surface area contributed by atoms with Crippen LogP contribution in [0.4, 0.5) is 0 Å². The third-order valence-corrected chi connectivity index (χ3v) is 4.24. The Bertz CT molecular complexity index is 367. The zero-order valence-corrected chi connectivity index (χ0v) is 10.9. The molecule has 2 rings (SSSR count). The van der Waals surface area contributed by atoms with Crippen LogP contribution in [0.1, 0.15) is 29.5 Å². The van der Waals surface area contributed by atoms with Crippen molar-refractivity contribution in [2.75, 3.05) is 13.1 Å². The minimum absolute atomic E-state index is 0.832. The lowest BCUT2D eigenvalue weighted by molar-refractivity contribution is 0.372. The lowest BCUT2D eigenvalue weighted by atomic mass is 9.89. The van der Waals surface area contributed by atoms with Gasteiger partial charge in [-0.25, -0.2) is 0 Å². The van der Waals surface area contributed by atoms with Crippen molar-refractivity contribution in [1.82, 2.24) is 5.32 Å². The largest absolute Gasteiger partial charge is 0.317 e. The molecule has 2 heteroatoms. The lowest BCUT2D eigenvalue weighted by Crippen LogP contribution is -2.28. The van der Waals surface area contributed by atoms with Gasteiger partial charge >= 0.3 is 0 Å². The second-order valence-electron chi connectivity index (χ2n) is 4.88. The first-order valence-corrected chi connectivity index (χ1v) is 6.51. The Balaban J connectivity index is 2.11. The van der Waals surface area contributed by atoms with Crippen molar-refractivity contribution in [2.45, 2.75) is 33.1 Å². The first-order valence-electron chi connectivity index (χ1n) is 6.14. The summed E-state index contributed by atoms with van der Waals surface area (Å²) in [6.45, 7) is 6.56. The van der Waals surface area contributed by atoms with Gasteiger partial charge in [0.25, 0.3) is 0 Å². The van der Waals surface area contributed by atoms with Crippen LogP contribution in [0, 0.1) is 19.8 Å². The molecule has 1 aliphatic rings. The van der Waals surface area contributed by atoms with Gasteiger partial charge in [-0.1, -0.05) is 23.7 Å². The molecule has 1 saturated heterocycles. The number of aryl methyl sites for hydroxylation is 1. The Kier molecular flexibility index (Phi) is 3.88. The van der Waals surface area contributed by atoms with Gasteiger partial charge in [0.1, 0.15) is 0 Å². The normalized spacial score (nSPS) is 17.7. The molecule has 1 aliphatic heterocycles. The van der Waals surface area contributed by atoms with Gasteiger partial charge < -0.3 is 5.32 Å². The molecule has 1 heterocycles. The fraction of sp³-hybridized carbons (Fsp3) is 0.571. The SMILES string of the molecule is Cc1ccc(CC2CCNCC2)c(C)c1Cl. The summed E-state index contributed by atoms with van der Waals surface area (Å²) in [5.74, 6) is 0.832. The Morgan fingerprint density at radius 3 is 2.62 bits per heavy atom. The van der Waals surface area contributed by atoms with Gasteiger partial charge in [-0.15, -0.1) is 0 Å². The van der Waals surface area contributed by atoms with Crippen molar-refractivity contribution in [1.29, 1.82) is 0 Å². The number of rotatable bonds is 2. The van der Waals surface area contributed by atoms with Crippen LogP contribution in [0.3, 0.4) is 0 Å². The third-order valence-electron chi connectivity index (χ3n) is 3.66. The zero-order chi connectivity index (χ0) is 11.5. The molecule has 0 radical (unpaired) electrons. The molecule has 0 aliphatic carbocycles. The molecule has 16 heavy (non-hydrogen) atoms. The first kappa shape index (κ1) is 11.9. The number of benzene rings is 1. The quantitative estimate of drug-likeness (QED) is 0.830. The van der Waals surface area contributed by atoms with Gasteiger partial charge in [0.2, 0.25) is 0 Å². The van der Waals surface area contributed by atoms with Crippen LogP contribution in [0.5, 0.6) is 0 Å². The predicted octanol–water partition coefficient (Wildman–Crippen LogP) is 3.50. The number of nitrogens with one attached hydrogen (secondary N) is 1. The summed E-state index contributed by atoms with van der Waals surface area (Å²) >= 11 is 6.29. The molecule has 1 nitrogen and oxygen atoms in total. The minimum Gasteiger partial charge on any atom is -0.317 e. The van der Waals surface area contributed by atoms with Crippen molar-refractivity contribution < 1.29 is 0 Å². The predicted molar refractivity (Wildman–Crippen MR) is 70.2 cm³/mol. The topological polar surface area (TPSA) is 12.0 Å². The molecule has 0 amide bonds. The molecule has 0 spiro atoms. The van der Waals surface area contributed by atoms with E-state index in [-0.39, 0.29) is 0 Å². The summed E-state index contributed by atoms with van der Waals surface area (Å²) in [5.41, 5.74) is 3.90. The maximum atomic E-state index is 6.29. The van der Waals surface area contributed by atoms with Crippen molar-refractivity contribution in [2.24, 2.45) is 5.92 Å². The van der Waals surface area contributed by atoms with Gasteiger partial charge in [0.05, 0.1) is 0 Å². The standard InChI is InChI=1S/C14H20ClN/c1-10-3-4-13(11(2)14(10)15)9-12-5-7-16-8-6-12/h3-4,12,16H,5-9H2,1-2H3. The average molecular weight is 238 g/mol. The van der Waals surface area contributed by atoms with Crippen molar-refractivity contribution in [3.8, 4) is 0 Å². The molecule has 0 aromatic heterocycles. The fourth-order valence-corrected chi connectivity index (χ4v) is 2.66. The van der Waals surface area contributed by atoms with E-state index in [0.717, 1.165) is 10.9 Å². The Labute approximate surface area is 103 Å². The summed E-state index contributed by atoms with van der Waals surface area (Å²) < 4.78 is 0. The number of piperidine rings is 1. The summed E-state index contributed by atoms with van der Waals surface area (Å²) in [5, 5.41) is 4.36. The van der Waals surface area contributed by atoms with Crippen LogP contribution in [-0.4, -0.2) is 13.1 Å². The highest BCUT2D eigenvalue weighted by Gasteiger charge is 2.15. The zero-order valence-electron chi connectivity index (χ0n) is 10.1. The molecule has 0 unspecified atom stereocenters. The highest BCUT2D eigenvalue weighted by molar-refractivity contribution is 6.32. The minimum atomic E-state index is 0.832. The number of hydrogen-bond donors (Lipinski definition) is 1. The third kappa shape index (κ3) is 2.58. The summed E-state index contributed by atoms with van der Waals surface area (Å²) in [7, 11) is 0. The van der Waals surface area contributed by atoms with E-state index in [0.29, 0.717) is 0 Å². The summed E-state index contributed by atoms with van der Waals surface area (Å²) in [6, 6.07) is 4.39. The second-order valence-corrected chi connectivity index (χ2v) is 5.26.